The van der Waals surface area contributed by atoms with Crippen LogP contribution in [0, 0.1) is 12.8 Å². The Labute approximate surface area is 41.7 Å². The van der Waals surface area contributed by atoms with Crippen molar-refractivity contribution in [2.45, 2.75) is 6.92 Å². The molecule has 0 fully saturated rings. The van der Waals surface area contributed by atoms with Gasteiger partial charge in [-0.3, -0.25) is 0 Å². The zero-order valence-corrected chi connectivity index (χ0v) is 4.96. The molecule has 0 saturated carbocycles. The Morgan fingerprint density at radius 1 is 2.00 bits per heavy atom. The molecule has 0 amide bonds. The molecule has 31 valence electrons. The molecule has 0 N–H and O–H groups in total. The maximum Gasteiger partial charge on any atom is 0.00570 e. The fourth-order valence-corrected chi connectivity index (χ4v) is 0. The van der Waals surface area contributed by atoms with Crippen molar-refractivity contribution in [3.8, 4) is 0 Å². The highest BCUT2D eigenvalue weighted by molar-refractivity contribution is 9.09. The van der Waals surface area contributed by atoms with Gasteiger partial charge in [-0.2, -0.15) is 0 Å². The summed E-state index contributed by atoms with van der Waals surface area (Å²) in [6.07, 6.45) is 0. The average molecular weight is 136 g/mol. The number of hydrogen-bond acceptors (Lipinski definition) is 0. The van der Waals surface area contributed by atoms with Gasteiger partial charge in [0, 0.05) is 5.33 Å². The van der Waals surface area contributed by atoms with Gasteiger partial charge in [-0.1, -0.05) is 22.9 Å². The molecule has 0 unspecified atom stereocenters. The summed E-state index contributed by atoms with van der Waals surface area (Å²) in [7, 11) is 0. The molecule has 0 nitrogen and oxygen atoms in total. The minimum Gasteiger partial charge on any atom is -0.0925 e. The predicted molar refractivity (Wildman–Crippen MR) is 28.3 cm³/mol. The fraction of sp³-hybridized carbons (Fsp3) is 0.750. The summed E-state index contributed by atoms with van der Waals surface area (Å²) in [5.74, 6) is 0.551. The lowest BCUT2D eigenvalue weighted by molar-refractivity contribution is 0.850. The van der Waals surface area contributed by atoms with Crippen molar-refractivity contribution in [1.29, 1.82) is 0 Å². The lowest BCUT2D eigenvalue weighted by Gasteiger charge is -1.88. The maximum atomic E-state index is 3.71. The summed E-state index contributed by atoms with van der Waals surface area (Å²) in [6.45, 7) is 5.77. The second-order valence-corrected chi connectivity index (χ2v) is 1.91. The molecular weight excluding hydrogens is 128 g/mol. The molecule has 0 aromatic heterocycles. The number of halogens is 1. The predicted octanol–water partition coefficient (Wildman–Crippen LogP) is 1.85. The van der Waals surface area contributed by atoms with Crippen molar-refractivity contribution < 1.29 is 0 Å². The van der Waals surface area contributed by atoms with Crippen LogP contribution in [-0.2, 0) is 0 Å². The highest BCUT2D eigenvalue weighted by Gasteiger charge is 1.82. The zero-order valence-electron chi connectivity index (χ0n) is 3.37. The third-order valence-electron chi connectivity index (χ3n) is 0.263. The van der Waals surface area contributed by atoms with Crippen molar-refractivity contribution in [1.82, 2.24) is 0 Å². The molecule has 0 aromatic rings. The van der Waals surface area contributed by atoms with Crippen LogP contribution in [0.3, 0.4) is 0 Å². The van der Waals surface area contributed by atoms with Gasteiger partial charge in [0.15, 0.2) is 0 Å². The normalized spacial score (nSPS) is 9.60. The minimum absolute atomic E-state index is 0.551. The van der Waals surface area contributed by atoms with Crippen molar-refractivity contribution in [3.05, 3.63) is 6.92 Å². The van der Waals surface area contributed by atoms with E-state index < -0.39 is 0 Å². The van der Waals surface area contributed by atoms with Crippen molar-refractivity contribution in [2.24, 2.45) is 5.92 Å². The van der Waals surface area contributed by atoms with Gasteiger partial charge < -0.3 is 0 Å². The van der Waals surface area contributed by atoms with Crippen LogP contribution in [0.5, 0.6) is 0 Å². The summed E-state index contributed by atoms with van der Waals surface area (Å²) in [4.78, 5) is 0. The van der Waals surface area contributed by atoms with Crippen LogP contribution in [-0.4, -0.2) is 5.33 Å². The summed E-state index contributed by atoms with van der Waals surface area (Å²) in [5.41, 5.74) is 0. The van der Waals surface area contributed by atoms with Crippen molar-refractivity contribution in [2.75, 3.05) is 5.33 Å². The van der Waals surface area contributed by atoms with E-state index in [0.29, 0.717) is 5.92 Å². The molecule has 0 aliphatic carbocycles. The van der Waals surface area contributed by atoms with Crippen LogP contribution in [0.25, 0.3) is 0 Å². The summed E-state index contributed by atoms with van der Waals surface area (Å²) < 4.78 is 0. The zero-order chi connectivity index (χ0) is 4.28. The van der Waals surface area contributed by atoms with E-state index in [0.717, 1.165) is 5.33 Å². The highest BCUT2D eigenvalue weighted by atomic mass is 79.9. The molecule has 1 radical (unpaired) electrons. The van der Waals surface area contributed by atoms with Gasteiger partial charge in [-0.15, -0.1) is 0 Å². The highest BCUT2D eigenvalue weighted by Crippen LogP contribution is 1.93. The van der Waals surface area contributed by atoms with Crippen LogP contribution >= 0.6 is 15.9 Å². The Morgan fingerprint density at radius 2 is 2.20 bits per heavy atom. The molecule has 1 atom stereocenters. The van der Waals surface area contributed by atoms with Crippen LogP contribution < -0.4 is 0 Å². The van der Waals surface area contributed by atoms with E-state index in [1.165, 1.54) is 0 Å². The van der Waals surface area contributed by atoms with E-state index in [1.54, 1.807) is 0 Å². The van der Waals surface area contributed by atoms with E-state index in [2.05, 4.69) is 29.8 Å². The van der Waals surface area contributed by atoms with E-state index >= 15 is 0 Å². The molecule has 0 saturated heterocycles. The molecule has 0 aromatic carbocycles. The van der Waals surface area contributed by atoms with Crippen LogP contribution in [0.15, 0.2) is 0 Å². The standard InChI is InChI=1S/C4H8Br/c1-4(2)3-5/h4H,1,3H2,2H3/t4-/m0/s1. The second kappa shape index (κ2) is 2.70. The first-order valence-electron chi connectivity index (χ1n) is 1.66. The molecule has 0 bridgehead atoms. The first-order chi connectivity index (χ1) is 2.27. The first kappa shape index (κ1) is 5.48. The first-order valence-corrected chi connectivity index (χ1v) is 2.78. The molecular formula is C4H8Br. The summed E-state index contributed by atoms with van der Waals surface area (Å²) >= 11 is 3.25. The molecule has 0 rings (SSSR count). The quantitative estimate of drug-likeness (QED) is 0.482. The van der Waals surface area contributed by atoms with Crippen LogP contribution in [0.1, 0.15) is 6.92 Å². The SMILES string of the molecule is [CH2][C@@H](C)CBr. The summed E-state index contributed by atoms with van der Waals surface area (Å²) in [6, 6.07) is 0. The van der Waals surface area contributed by atoms with Crippen LogP contribution in [0.2, 0.25) is 0 Å². The molecule has 0 aliphatic rings. The Hall–Kier alpha value is 0.480. The molecule has 1 heteroatoms. The van der Waals surface area contributed by atoms with E-state index in [4.69, 9.17) is 0 Å². The monoisotopic (exact) mass is 135 g/mol. The lowest BCUT2D eigenvalue weighted by atomic mass is 10.3. The third kappa shape index (κ3) is 4.48. The second-order valence-electron chi connectivity index (χ2n) is 1.26. The minimum atomic E-state index is 0.551. The smallest absolute Gasteiger partial charge is 0.00570 e. The number of hydrogen-bond donors (Lipinski definition) is 0. The number of alkyl halides is 1. The van der Waals surface area contributed by atoms with Gasteiger partial charge >= 0.3 is 0 Å². The molecule has 0 heterocycles. The molecule has 0 spiro atoms. The molecule has 5 heavy (non-hydrogen) atoms. The van der Waals surface area contributed by atoms with Crippen molar-refractivity contribution >= 4 is 15.9 Å². The van der Waals surface area contributed by atoms with Gasteiger partial charge in [0.1, 0.15) is 0 Å². The third-order valence-corrected chi connectivity index (χ3v) is 1.37. The Balaban J connectivity index is 2.54. The van der Waals surface area contributed by atoms with Crippen LogP contribution in [0.4, 0.5) is 0 Å². The van der Waals surface area contributed by atoms with Gasteiger partial charge in [0.05, 0.1) is 0 Å². The Bertz CT molecular complexity index is 17.6. The Morgan fingerprint density at radius 3 is 2.20 bits per heavy atom. The molecule has 0 aliphatic heterocycles. The van der Waals surface area contributed by atoms with E-state index in [1.807, 2.05) is 0 Å². The fourth-order valence-electron chi connectivity index (χ4n) is 0. The average Bonchev–Trinajstić information content (AvgIpc) is 1.38. The van der Waals surface area contributed by atoms with Gasteiger partial charge in [-0.25, -0.2) is 0 Å². The largest absolute Gasteiger partial charge is 0.0925 e. The van der Waals surface area contributed by atoms with E-state index in [-0.39, 0.29) is 0 Å². The lowest BCUT2D eigenvalue weighted by Crippen LogP contribution is -1.83. The number of rotatable bonds is 1. The van der Waals surface area contributed by atoms with Gasteiger partial charge in [0.2, 0.25) is 0 Å². The van der Waals surface area contributed by atoms with Crippen molar-refractivity contribution in [3.63, 3.8) is 0 Å². The maximum absolute atomic E-state index is 3.71. The van der Waals surface area contributed by atoms with Gasteiger partial charge in [0.25, 0.3) is 0 Å². The van der Waals surface area contributed by atoms with Gasteiger partial charge in [-0.05, 0) is 12.8 Å². The Kier molecular flexibility index (Phi) is 2.96. The summed E-state index contributed by atoms with van der Waals surface area (Å²) in [5, 5.41) is 1.01. The van der Waals surface area contributed by atoms with E-state index in [9.17, 15) is 0 Å². The topological polar surface area (TPSA) is 0 Å².